The number of hydrogen-bond donors (Lipinski definition) is 5. The Labute approximate surface area is 650 Å². The number of carboxylic acids is 1. The van der Waals surface area contributed by atoms with E-state index in [1.165, 1.54) is 64.0 Å². The number of amides is 5. The van der Waals surface area contributed by atoms with E-state index >= 15 is 0 Å². The maximum absolute atomic E-state index is 12.8. The highest BCUT2D eigenvalue weighted by molar-refractivity contribution is 6.30. The van der Waals surface area contributed by atoms with Gasteiger partial charge in [0.15, 0.2) is 0 Å². The number of hydrogen-bond acceptors (Lipinski definition) is 14. The van der Waals surface area contributed by atoms with Crippen molar-refractivity contribution in [1.82, 2.24) is 40.0 Å². The second kappa shape index (κ2) is 42.2. The Bertz CT molecular complexity index is 4700. The zero-order valence-electron chi connectivity index (χ0n) is 63.8. The summed E-state index contributed by atoms with van der Waals surface area (Å²) in [4.78, 5) is 92.2. The van der Waals surface area contributed by atoms with Gasteiger partial charge in [-0.15, -0.1) is 12.4 Å². The Kier molecular flexibility index (Phi) is 32.5. The predicted molar refractivity (Wildman–Crippen MR) is 436 cm³/mol. The number of ether oxygens (including phenoxy) is 2. The highest BCUT2D eigenvalue weighted by Crippen LogP contribution is 2.27. The lowest BCUT2D eigenvalue weighted by molar-refractivity contribution is -0.112. The highest BCUT2D eigenvalue weighted by Gasteiger charge is 2.32. The van der Waals surface area contributed by atoms with Crippen LogP contribution in [0.1, 0.15) is 106 Å². The third-order valence-electron chi connectivity index (χ3n) is 17.9. The van der Waals surface area contributed by atoms with Gasteiger partial charge in [-0.1, -0.05) is 122 Å². The zero-order chi connectivity index (χ0) is 78.5. The molecule has 109 heavy (non-hydrogen) atoms. The van der Waals surface area contributed by atoms with Crippen molar-refractivity contribution in [3.63, 3.8) is 0 Å². The van der Waals surface area contributed by atoms with Crippen molar-refractivity contribution in [2.24, 2.45) is 23.5 Å². The summed E-state index contributed by atoms with van der Waals surface area (Å²) < 4.78 is 26.2. The van der Waals surface area contributed by atoms with Crippen molar-refractivity contribution in [2.75, 3.05) is 70.1 Å². The van der Waals surface area contributed by atoms with Crippen LogP contribution in [0.5, 0.6) is 0 Å². The molecule has 4 saturated heterocycles. The van der Waals surface area contributed by atoms with Crippen molar-refractivity contribution in [3.05, 3.63) is 253 Å². The molecule has 0 radical (unpaired) electrons. The zero-order valence-corrected chi connectivity index (χ0v) is 64.3. The lowest BCUT2D eigenvalue weighted by Gasteiger charge is -2.24. The quantitative estimate of drug-likeness (QED) is 0.0562. The van der Waals surface area contributed by atoms with Crippen molar-refractivity contribution in [1.29, 1.82) is 0 Å². The number of benzene rings is 6. The molecule has 23 heteroatoms. The fourth-order valence-electron chi connectivity index (χ4n) is 12.5. The average Bonchev–Trinajstić information content (AvgIpc) is 1.52. The normalized spacial score (nSPS) is 16.3. The van der Waals surface area contributed by atoms with Crippen molar-refractivity contribution < 1.29 is 49.1 Å². The van der Waals surface area contributed by atoms with Gasteiger partial charge in [0.2, 0.25) is 11.8 Å². The number of carboxylic acid groups (broad SMARTS) is 1. The van der Waals surface area contributed by atoms with E-state index in [0.717, 1.165) is 129 Å². The van der Waals surface area contributed by atoms with Gasteiger partial charge in [-0.05, 0) is 224 Å². The first kappa shape index (κ1) is 83.9. The molecule has 574 valence electrons. The first-order valence-corrected chi connectivity index (χ1v) is 36.5. The fraction of sp³-hybridized carbons (Fsp3) is 0.326. The molecule has 0 aliphatic carbocycles. The van der Waals surface area contributed by atoms with E-state index in [1.807, 2.05) is 125 Å². The Morgan fingerprint density at radius 2 is 0.899 bits per heavy atom. The monoisotopic (exact) mass is 1520 g/mol. The van der Waals surface area contributed by atoms with Gasteiger partial charge < -0.3 is 51.0 Å². The molecule has 14 rings (SSSR count). The van der Waals surface area contributed by atoms with Crippen LogP contribution in [0.25, 0.3) is 43.1 Å². The topological polar surface area (TPSA) is 264 Å². The summed E-state index contributed by atoms with van der Waals surface area (Å²) in [5, 5.41) is 27.3. The number of halogens is 3. The number of pyridine rings is 4. The summed E-state index contributed by atoms with van der Waals surface area (Å²) in [7, 11) is -1.00. The molecule has 6 aromatic carbocycles. The minimum atomic E-state index is -1.00. The number of rotatable bonds is 12. The molecule has 4 aliphatic heterocycles. The van der Waals surface area contributed by atoms with Crippen LogP contribution in [0.2, 0.25) is 5.15 Å². The molecule has 5 amide bonds. The Balaban J connectivity index is 0.000000188. The summed E-state index contributed by atoms with van der Waals surface area (Å²) in [6, 6.07) is 54.3. The number of carbonyl (C=O) groups is 6. The third-order valence-corrected chi connectivity index (χ3v) is 18.1. The van der Waals surface area contributed by atoms with Crippen LogP contribution in [0.4, 0.5) is 25.4 Å². The van der Waals surface area contributed by atoms with Gasteiger partial charge in [0, 0.05) is 126 Å². The largest absolute Gasteiger partial charge is 0.478 e. The molecular weight excluding hydrogens is 1420 g/mol. The van der Waals surface area contributed by atoms with E-state index in [2.05, 4.69) is 116 Å². The molecule has 0 bridgehead atoms. The number of nitrogens with two attached hydrogens (primary N) is 1. The SMILES string of the molecule is C=CC(=O)Nc1ccc(C(=O)N2CC[C@@H](Cc3cc4ccccc4cn3)C2)cc1.C=CC(=O)Nc1ccc(C(=O)O)cc1.CC(C)(C)OC(=O)N1CC[C@@H](Cc2cc3ccccc3cn2)C1.CC(C)(C)OC(=O)N1CC[C@@H](N)C1.Cl.Clc1cc2ccccc2cn1.[2H]CF.c1ccc2cc(C[C@@H]3CCNC3)ncc2c1. The lowest BCUT2D eigenvalue weighted by Crippen LogP contribution is -2.36. The molecule has 4 aromatic heterocycles. The van der Waals surface area contributed by atoms with Gasteiger partial charge in [-0.2, -0.15) is 0 Å². The number of aromatic carboxylic acids is 1. The van der Waals surface area contributed by atoms with E-state index in [-0.39, 0.29) is 53.9 Å². The standard InChI is InChI=1S/C24H23N3O2.C19H24N2O2.C14H16N2.C10H9NO3.C9H6ClN.C9H18N2O2.CH3F.ClH/c1-2-23(28)26-21-9-7-18(8-10-21)24(29)27-12-11-17(16-27)13-22-14-19-5-3-4-6-20(19)15-25-22;1-19(2,3)23-18(22)21-9-8-14(13-21)10-17-11-15-6-4-5-7-16(15)12-20-17;1-2-4-13-10-16-14(8-12(13)3-1)7-11-5-6-15-9-11;1-2-9(12)11-8-5-3-7(4-6-8)10(13)14;10-9-5-7-3-1-2-4-8(7)6-11-9;1-9(2,3)13-8(12)11-5-4-7(10)6-11;1-2;/h2-10,14-15,17H,1,11-13,16H2,(H,26,28);4-7,11-12,14H,8-10,13H2,1-3H3;1-4,8,10-11,15H,5-7,9H2;2-6H,1H2,(H,11,12)(H,13,14);1-6H;7H,4-6,10H2,1-3H3;1H3;1H/t17-;14-;11-;;;7-;;/m000..1../s1/i;;;;;;1D;. The molecule has 4 fully saturated rings. The smallest absolute Gasteiger partial charge is 0.410 e. The molecule has 6 N–H and O–H groups in total. The number of fused-ring (bicyclic) bond motifs is 4. The molecule has 0 saturated carbocycles. The summed E-state index contributed by atoms with van der Waals surface area (Å²) in [5.41, 5.74) is 10.2. The number of alkyl halides is 1. The van der Waals surface area contributed by atoms with Gasteiger partial charge in [0.05, 0.1) is 14.1 Å². The van der Waals surface area contributed by atoms with E-state index in [4.69, 9.17) is 33.3 Å². The van der Waals surface area contributed by atoms with Crippen LogP contribution >= 0.6 is 24.0 Å². The summed E-state index contributed by atoms with van der Waals surface area (Å²) in [6.45, 7) is 24.7. The highest BCUT2D eigenvalue weighted by atomic mass is 35.5. The lowest BCUT2D eigenvalue weighted by atomic mass is 10.0. The maximum Gasteiger partial charge on any atom is 0.410 e. The molecule has 4 aliphatic rings. The third kappa shape index (κ3) is 28.1. The van der Waals surface area contributed by atoms with E-state index in [0.29, 0.717) is 40.5 Å². The first-order chi connectivity index (χ1) is 52.2. The van der Waals surface area contributed by atoms with Gasteiger partial charge in [0.1, 0.15) is 16.4 Å². The fourth-order valence-corrected chi connectivity index (χ4v) is 12.6. The van der Waals surface area contributed by atoms with Crippen molar-refractivity contribution in [2.45, 2.75) is 104 Å². The number of likely N-dealkylation sites (tertiary alicyclic amines) is 3. The van der Waals surface area contributed by atoms with Crippen LogP contribution < -0.4 is 21.7 Å². The molecule has 0 unspecified atom stereocenters. The van der Waals surface area contributed by atoms with Crippen LogP contribution in [-0.2, 0) is 38.3 Å². The average molecular weight is 1520 g/mol. The summed E-state index contributed by atoms with van der Waals surface area (Å²) in [6.07, 6.45) is 16.6. The molecule has 4 atom stereocenters. The van der Waals surface area contributed by atoms with Gasteiger partial charge in [0.25, 0.3) is 5.91 Å². The van der Waals surface area contributed by atoms with Gasteiger partial charge in [-0.3, -0.25) is 33.7 Å². The van der Waals surface area contributed by atoms with Crippen molar-refractivity contribution >= 4 is 114 Å². The minimum absolute atomic E-state index is 0. The Morgan fingerprint density at radius 3 is 1.28 bits per heavy atom. The van der Waals surface area contributed by atoms with Gasteiger partial charge >= 0.3 is 18.2 Å². The number of aromatic nitrogens is 4. The number of carbonyl (C=O) groups excluding carboxylic acids is 5. The second-order valence-electron chi connectivity index (χ2n) is 28.7. The molecule has 10 aromatic rings. The van der Waals surface area contributed by atoms with E-state index < -0.39 is 24.3 Å². The van der Waals surface area contributed by atoms with Crippen LogP contribution in [0.3, 0.4) is 0 Å². The number of anilines is 2. The molecule has 8 heterocycles. The van der Waals surface area contributed by atoms with Crippen LogP contribution in [0.15, 0.2) is 220 Å². The number of nitrogens with zero attached hydrogens (tertiary/aromatic N) is 7. The summed E-state index contributed by atoms with van der Waals surface area (Å²) in [5.74, 6) is 0.0811. The van der Waals surface area contributed by atoms with Crippen LogP contribution in [0, 0.1) is 17.8 Å². The molecule has 20 nitrogen and oxygen atoms in total. The maximum atomic E-state index is 12.8. The predicted octanol–water partition coefficient (Wildman–Crippen LogP) is 16.8. The molecule has 0 spiro atoms. The van der Waals surface area contributed by atoms with E-state index in [9.17, 15) is 33.2 Å². The second-order valence-corrected chi connectivity index (χ2v) is 29.1. The summed E-state index contributed by atoms with van der Waals surface area (Å²) >= 11 is 5.71. The Hall–Kier alpha value is -10.7. The Morgan fingerprint density at radius 1 is 0.541 bits per heavy atom. The molecular formula is C86H100Cl2FN11O9. The number of nitrogens with one attached hydrogen (secondary N) is 3. The minimum Gasteiger partial charge on any atom is -0.478 e. The van der Waals surface area contributed by atoms with Gasteiger partial charge in [-0.25, -0.2) is 19.4 Å². The first-order valence-electron chi connectivity index (χ1n) is 36.8. The van der Waals surface area contributed by atoms with Crippen LogP contribution in [-0.4, -0.2) is 152 Å². The van der Waals surface area contributed by atoms with E-state index in [1.54, 1.807) is 35.4 Å². The van der Waals surface area contributed by atoms with Crippen molar-refractivity contribution in [3.8, 4) is 0 Å².